The molecule has 0 heterocycles. The molecule has 0 aliphatic carbocycles. The lowest BCUT2D eigenvalue weighted by Crippen LogP contribution is -1.69. The second kappa shape index (κ2) is 41.2. The van der Waals surface area contributed by atoms with E-state index in [4.69, 9.17) is 0 Å². The van der Waals surface area contributed by atoms with E-state index in [1.807, 2.05) is 19.9 Å². The van der Waals surface area contributed by atoms with E-state index < -0.39 is 0 Å². The van der Waals surface area contributed by atoms with Crippen LogP contribution in [0.5, 0.6) is 0 Å². The maximum Gasteiger partial charge on any atom is -0.0195 e. The van der Waals surface area contributed by atoms with Crippen LogP contribution in [0.3, 0.4) is 0 Å². The van der Waals surface area contributed by atoms with Crippen molar-refractivity contribution in [1.29, 1.82) is 0 Å². The van der Waals surface area contributed by atoms with Crippen molar-refractivity contribution in [3.8, 4) is 0 Å². The summed E-state index contributed by atoms with van der Waals surface area (Å²) < 4.78 is 0. The standard InChI is InChI=1S/C5H10.C4H10.C2H6.CH5N/c1-3-5-4-2;1-4(2)3;2*1-2/h3H,1,4-5H2,2H3;4H,1-3H3;1-2H3;2H2,1H3. The Balaban J connectivity index is -0.0000000457. The first-order valence-corrected chi connectivity index (χ1v) is 5.33. The zero-order valence-electron chi connectivity index (χ0n) is 10.9. The monoisotopic (exact) mass is 189 g/mol. The molecular weight excluding hydrogens is 158 g/mol. The van der Waals surface area contributed by atoms with Crippen LogP contribution in [0.25, 0.3) is 0 Å². The van der Waals surface area contributed by atoms with E-state index in [1.165, 1.54) is 13.5 Å². The molecule has 0 aliphatic heterocycles. The largest absolute Gasteiger partial charge is 0.333 e. The zero-order valence-corrected chi connectivity index (χ0v) is 10.9. The minimum absolute atomic E-state index is 0.833. The van der Waals surface area contributed by atoms with Crippen LogP contribution in [-0.4, -0.2) is 7.05 Å². The molecule has 0 saturated heterocycles. The minimum Gasteiger partial charge on any atom is -0.333 e. The highest BCUT2D eigenvalue weighted by molar-refractivity contribution is 4.63. The number of hydrogen-bond acceptors (Lipinski definition) is 1. The number of rotatable bonds is 2. The van der Waals surface area contributed by atoms with Crippen molar-refractivity contribution in [2.24, 2.45) is 11.7 Å². The van der Waals surface area contributed by atoms with Gasteiger partial charge >= 0.3 is 0 Å². The molecule has 0 aromatic carbocycles. The fourth-order valence-electron chi connectivity index (χ4n) is 0.204. The highest BCUT2D eigenvalue weighted by atomic mass is 14.4. The van der Waals surface area contributed by atoms with E-state index in [2.05, 4.69) is 40.0 Å². The van der Waals surface area contributed by atoms with Crippen LogP contribution in [0, 0.1) is 5.92 Å². The molecule has 0 bridgehead atoms. The summed E-state index contributed by atoms with van der Waals surface area (Å²) in [6, 6.07) is 0. The lowest BCUT2D eigenvalue weighted by Gasteiger charge is -1.79. The second-order valence-electron chi connectivity index (χ2n) is 2.81. The normalized spacial score (nSPS) is 6.54. The van der Waals surface area contributed by atoms with E-state index in [-0.39, 0.29) is 0 Å². The van der Waals surface area contributed by atoms with Crippen molar-refractivity contribution in [2.45, 2.75) is 54.4 Å². The third-order valence-corrected chi connectivity index (χ3v) is 0.493. The molecule has 0 aromatic rings. The van der Waals surface area contributed by atoms with E-state index >= 15 is 0 Å². The van der Waals surface area contributed by atoms with Gasteiger partial charge in [-0.25, -0.2) is 0 Å². The first-order valence-electron chi connectivity index (χ1n) is 5.33. The molecule has 1 heteroatoms. The van der Waals surface area contributed by atoms with Crippen LogP contribution < -0.4 is 5.73 Å². The Hall–Kier alpha value is -0.300. The number of hydrogen-bond donors (Lipinski definition) is 1. The summed E-state index contributed by atoms with van der Waals surface area (Å²) in [4.78, 5) is 0. The molecule has 0 fully saturated rings. The molecular formula is C12H31N. The van der Waals surface area contributed by atoms with Crippen molar-refractivity contribution < 1.29 is 0 Å². The predicted molar refractivity (Wildman–Crippen MR) is 67.1 cm³/mol. The predicted octanol–water partition coefficient (Wildman–Crippen LogP) is 4.24. The van der Waals surface area contributed by atoms with E-state index in [0.29, 0.717) is 0 Å². The van der Waals surface area contributed by atoms with Gasteiger partial charge in [0.15, 0.2) is 0 Å². The second-order valence-corrected chi connectivity index (χ2v) is 2.81. The Bertz CT molecular complexity index is 46.3. The van der Waals surface area contributed by atoms with Gasteiger partial charge in [-0.15, -0.1) is 6.58 Å². The van der Waals surface area contributed by atoms with Gasteiger partial charge in [0.05, 0.1) is 0 Å². The van der Waals surface area contributed by atoms with Crippen molar-refractivity contribution >= 4 is 0 Å². The molecule has 0 radical (unpaired) electrons. The Labute approximate surface area is 86.4 Å². The van der Waals surface area contributed by atoms with Crippen molar-refractivity contribution in [1.82, 2.24) is 0 Å². The molecule has 0 saturated carbocycles. The van der Waals surface area contributed by atoms with Crippen LogP contribution in [0.15, 0.2) is 12.7 Å². The summed E-state index contributed by atoms with van der Waals surface area (Å²) in [5.41, 5.74) is 4.50. The lowest BCUT2D eigenvalue weighted by molar-refractivity contribution is 0.737. The van der Waals surface area contributed by atoms with Gasteiger partial charge in [-0.1, -0.05) is 54.0 Å². The van der Waals surface area contributed by atoms with Gasteiger partial charge in [0.1, 0.15) is 0 Å². The van der Waals surface area contributed by atoms with Crippen molar-refractivity contribution in [3.63, 3.8) is 0 Å². The van der Waals surface area contributed by atoms with Gasteiger partial charge in [-0.2, -0.15) is 0 Å². The SMILES string of the molecule is C=CCCC.CC.CC(C)C.CN. The topological polar surface area (TPSA) is 26.0 Å². The average molecular weight is 189 g/mol. The molecule has 0 atom stereocenters. The van der Waals surface area contributed by atoms with Gasteiger partial charge in [-0.3, -0.25) is 0 Å². The highest BCUT2D eigenvalue weighted by Gasteiger charge is 1.68. The van der Waals surface area contributed by atoms with Gasteiger partial charge in [0.25, 0.3) is 0 Å². The van der Waals surface area contributed by atoms with Crippen LogP contribution in [0.4, 0.5) is 0 Å². The quantitative estimate of drug-likeness (QED) is 0.646. The lowest BCUT2D eigenvalue weighted by atomic mass is 10.3. The molecule has 0 aromatic heterocycles. The Morgan fingerprint density at radius 3 is 1.38 bits per heavy atom. The molecule has 0 rings (SSSR count). The smallest absolute Gasteiger partial charge is 0.0195 e. The Morgan fingerprint density at radius 2 is 1.38 bits per heavy atom. The summed E-state index contributed by atoms with van der Waals surface area (Å²) in [5, 5.41) is 0. The fraction of sp³-hybridized carbons (Fsp3) is 0.833. The first-order chi connectivity index (χ1) is 6.15. The van der Waals surface area contributed by atoms with Gasteiger partial charge in [-0.05, 0) is 19.4 Å². The highest BCUT2D eigenvalue weighted by Crippen LogP contribution is 1.82. The summed E-state index contributed by atoms with van der Waals surface area (Å²) in [7, 11) is 1.50. The summed E-state index contributed by atoms with van der Waals surface area (Å²) in [6.07, 6.45) is 4.31. The van der Waals surface area contributed by atoms with E-state index in [1.54, 1.807) is 0 Å². The van der Waals surface area contributed by atoms with Gasteiger partial charge in [0, 0.05) is 0 Å². The number of nitrogens with two attached hydrogens (primary N) is 1. The minimum atomic E-state index is 0.833. The molecule has 2 N–H and O–H groups in total. The molecule has 1 nitrogen and oxygen atoms in total. The zero-order chi connectivity index (χ0) is 11.7. The molecule has 84 valence electrons. The summed E-state index contributed by atoms with van der Waals surface area (Å²) in [5.74, 6) is 0.833. The maximum absolute atomic E-state index is 4.50. The molecule has 13 heavy (non-hydrogen) atoms. The molecule has 0 amide bonds. The van der Waals surface area contributed by atoms with E-state index in [0.717, 1.165) is 12.3 Å². The van der Waals surface area contributed by atoms with Gasteiger partial charge in [0.2, 0.25) is 0 Å². The summed E-state index contributed by atoms with van der Waals surface area (Å²) >= 11 is 0. The average Bonchev–Trinajstić information content (AvgIpc) is 2.12. The third kappa shape index (κ3) is 381. The van der Waals surface area contributed by atoms with Crippen LogP contribution >= 0.6 is 0 Å². The third-order valence-electron chi connectivity index (χ3n) is 0.493. The van der Waals surface area contributed by atoms with Crippen LogP contribution in [0.1, 0.15) is 54.4 Å². The molecule has 0 aliphatic rings. The molecule has 0 spiro atoms. The van der Waals surface area contributed by atoms with Crippen LogP contribution in [-0.2, 0) is 0 Å². The van der Waals surface area contributed by atoms with Gasteiger partial charge < -0.3 is 5.73 Å². The Kier molecular flexibility index (Phi) is 72.8. The molecule has 0 unspecified atom stereocenters. The maximum atomic E-state index is 4.50. The summed E-state index contributed by atoms with van der Waals surface area (Å²) in [6.45, 7) is 16.2. The number of allylic oxidation sites excluding steroid dienone is 1. The van der Waals surface area contributed by atoms with E-state index in [9.17, 15) is 0 Å². The number of unbranched alkanes of at least 4 members (excludes halogenated alkanes) is 1. The van der Waals surface area contributed by atoms with Crippen molar-refractivity contribution in [2.75, 3.05) is 7.05 Å². The van der Waals surface area contributed by atoms with Crippen molar-refractivity contribution in [3.05, 3.63) is 12.7 Å². The first kappa shape index (κ1) is 23.0. The fourth-order valence-corrected chi connectivity index (χ4v) is 0.204. The Morgan fingerprint density at radius 1 is 1.15 bits per heavy atom. The van der Waals surface area contributed by atoms with Crippen LogP contribution in [0.2, 0.25) is 0 Å².